The molecule has 0 saturated carbocycles. The molecule has 0 bridgehead atoms. The molecule has 0 N–H and O–H groups in total. The van der Waals surface area contributed by atoms with Crippen molar-refractivity contribution in [2.24, 2.45) is 10.4 Å². The number of carbonyl (C=O) groups is 2. The van der Waals surface area contributed by atoms with Gasteiger partial charge in [0.1, 0.15) is 29.1 Å². The fourth-order valence-electron chi connectivity index (χ4n) is 5.03. The van der Waals surface area contributed by atoms with Gasteiger partial charge in [-0.15, -0.1) is 5.92 Å². The number of imide groups is 1. The topological polar surface area (TPSA) is 99.6 Å². The smallest absolute Gasteiger partial charge is 0.426 e. The van der Waals surface area contributed by atoms with Crippen LogP contribution < -0.4 is 4.74 Å². The SMILES string of the molecule is CC#Cc1cncc(-c2ccc3c(c2)C2(CSC(N(C(=O)OC(C)(C)C)C(=O)OC(C)(C)C)=N2)C2(COC2)CO3)c1. The lowest BCUT2D eigenvalue weighted by atomic mass is 9.64. The van der Waals surface area contributed by atoms with Crippen LogP contribution in [0.4, 0.5) is 9.59 Å². The monoisotopic (exact) mass is 577 g/mol. The number of aromatic nitrogens is 1. The van der Waals surface area contributed by atoms with Crippen molar-refractivity contribution in [3.8, 4) is 28.7 Å². The molecule has 3 aliphatic rings. The Labute approximate surface area is 245 Å². The molecule has 216 valence electrons. The molecule has 1 unspecified atom stereocenters. The van der Waals surface area contributed by atoms with Crippen LogP contribution in [0.15, 0.2) is 41.7 Å². The van der Waals surface area contributed by atoms with Gasteiger partial charge in [-0.3, -0.25) is 4.98 Å². The van der Waals surface area contributed by atoms with Gasteiger partial charge in [0, 0.05) is 34.8 Å². The fraction of sp³-hybridized carbons (Fsp3) is 0.484. The third kappa shape index (κ3) is 5.53. The number of carbonyl (C=O) groups excluding carboxylic acids is 2. The average Bonchev–Trinajstić information content (AvgIpc) is 3.26. The molecule has 10 heteroatoms. The Morgan fingerprint density at radius 3 is 2.24 bits per heavy atom. The molecular weight excluding hydrogens is 542 g/mol. The largest absolute Gasteiger partial charge is 0.492 e. The van der Waals surface area contributed by atoms with E-state index in [4.69, 9.17) is 23.9 Å². The normalized spacial score (nSPS) is 20.6. The van der Waals surface area contributed by atoms with Gasteiger partial charge < -0.3 is 18.9 Å². The van der Waals surface area contributed by atoms with E-state index in [9.17, 15) is 9.59 Å². The van der Waals surface area contributed by atoms with Crippen molar-refractivity contribution in [3.05, 3.63) is 47.8 Å². The van der Waals surface area contributed by atoms with Gasteiger partial charge in [0.25, 0.3) is 0 Å². The van der Waals surface area contributed by atoms with Crippen molar-refractivity contribution < 1.29 is 28.5 Å². The van der Waals surface area contributed by atoms with E-state index in [0.717, 1.165) is 27.2 Å². The fourth-order valence-corrected chi connectivity index (χ4v) is 6.39. The maximum absolute atomic E-state index is 13.4. The highest BCUT2D eigenvalue weighted by atomic mass is 32.2. The number of thioether (sulfide) groups is 1. The number of amidine groups is 1. The summed E-state index contributed by atoms with van der Waals surface area (Å²) < 4.78 is 23.2. The summed E-state index contributed by atoms with van der Waals surface area (Å²) in [4.78, 5) is 37.3. The third-order valence-corrected chi connectivity index (χ3v) is 8.04. The van der Waals surface area contributed by atoms with E-state index < -0.39 is 34.3 Å². The van der Waals surface area contributed by atoms with Gasteiger partial charge in [0.15, 0.2) is 5.17 Å². The van der Waals surface area contributed by atoms with Crippen LogP contribution in [0.25, 0.3) is 11.1 Å². The van der Waals surface area contributed by atoms with Crippen molar-refractivity contribution in [1.29, 1.82) is 0 Å². The van der Waals surface area contributed by atoms with E-state index >= 15 is 0 Å². The van der Waals surface area contributed by atoms with Crippen LogP contribution in [0.2, 0.25) is 0 Å². The first kappa shape index (κ1) is 29.0. The van der Waals surface area contributed by atoms with Crippen LogP contribution in [0, 0.1) is 17.3 Å². The first-order valence-electron chi connectivity index (χ1n) is 13.5. The molecule has 1 fully saturated rings. The molecule has 4 heterocycles. The first-order valence-corrected chi connectivity index (χ1v) is 14.5. The number of hydrogen-bond donors (Lipinski definition) is 0. The van der Waals surface area contributed by atoms with Crippen molar-refractivity contribution in [1.82, 2.24) is 9.88 Å². The van der Waals surface area contributed by atoms with Crippen LogP contribution in [0.1, 0.15) is 59.6 Å². The number of amides is 2. The minimum Gasteiger partial charge on any atom is -0.492 e. The van der Waals surface area contributed by atoms with Crippen molar-refractivity contribution in [2.75, 3.05) is 25.6 Å². The molecule has 0 radical (unpaired) electrons. The summed E-state index contributed by atoms with van der Waals surface area (Å²) in [5.41, 5.74) is 0.597. The molecule has 41 heavy (non-hydrogen) atoms. The zero-order valence-electron chi connectivity index (χ0n) is 24.5. The molecule has 5 rings (SSSR count). The van der Waals surface area contributed by atoms with E-state index in [0.29, 0.717) is 31.3 Å². The standard InChI is InChI=1S/C31H35N3O6S/c1-8-9-20-12-22(15-32-14-20)21-10-11-24-23(13-21)31(30(18-38-24)16-37-17-30)19-41-25(33-31)34(26(35)39-28(2,3)4)27(36)40-29(5,6)7/h10-15H,16-19H2,1-7H3. The Bertz CT molecular complexity index is 1450. The highest BCUT2D eigenvalue weighted by molar-refractivity contribution is 8.14. The maximum Gasteiger partial charge on any atom is 0.426 e. The van der Waals surface area contributed by atoms with E-state index in [1.807, 2.05) is 18.2 Å². The summed E-state index contributed by atoms with van der Waals surface area (Å²) in [7, 11) is 0. The van der Waals surface area contributed by atoms with Gasteiger partial charge in [0.05, 0.1) is 18.6 Å². The summed E-state index contributed by atoms with van der Waals surface area (Å²) >= 11 is 1.32. The Morgan fingerprint density at radius 2 is 1.66 bits per heavy atom. The van der Waals surface area contributed by atoms with Crippen molar-refractivity contribution in [3.63, 3.8) is 0 Å². The molecular formula is C31H35N3O6S. The summed E-state index contributed by atoms with van der Waals surface area (Å²) in [5, 5.41) is 0.222. The number of pyridine rings is 1. The quantitative estimate of drug-likeness (QED) is 0.381. The number of nitrogens with zero attached hydrogens (tertiary/aromatic N) is 3. The van der Waals surface area contributed by atoms with Gasteiger partial charge in [-0.05, 0) is 72.2 Å². The second-order valence-electron chi connectivity index (χ2n) is 12.4. The van der Waals surface area contributed by atoms with Gasteiger partial charge in [0.2, 0.25) is 0 Å². The molecule has 3 aliphatic heterocycles. The Balaban J connectivity index is 1.62. The predicted octanol–water partition coefficient (Wildman–Crippen LogP) is 6.00. The van der Waals surface area contributed by atoms with E-state index in [2.05, 4.69) is 22.9 Å². The Kier molecular flexibility index (Phi) is 7.33. The summed E-state index contributed by atoms with van der Waals surface area (Å²) in [6.07, 6.45) is 1.85. The molecule has 2 spiro atoms. The van der Waals surface area contributed by atoms with Gasteiger partial charge in [-0.2, -0.15) is 4.90 Å². The lowest BCUT2D eigenvalue weighted by molar-refractivity contribution is -0.176. The van der Waals surface area contributed by atoms with Crippen LogP contribution in [-0.4, -0.2) is 64.0 Å². The van der Waals surface area contributed by atoms with Crippen LogP contribution >= 0.6 is 11.8 Å². The van der Waals surface area contributed by atoms with Crippen LogP contribution in [0.5, 0.6) is 5.75 Å². The van der Waals surface area contributed by atoms with Gasteiger partial charge >= 0.3 is 12.2 Å². The number of benzene rings is 1. The van der Waals surface area contributed by atoms with Crippen molar-refractivity contribution >= 4 is 29.1 Å². The Morgan fingerprint density at radius 1 is 0.976 bits per heavy atom. The van der Waals surface area contributed by atoms with Gasteiger partial charge in [-0.25, -0.2) is 14.6 Å². The van der Waals surface area contributed by atoms with Crippen molar-refractivity contribution in [2.45, 2.75) is 65.2 Å². The van der Waals surface area contributed by atoms with Crippen LogP contribution in [-0.2, 0) is 19.7 Å². The lowest BCUT2D eigenvalue weighted by Gasteiger charge is -2.54. The third-order valence-electron chi connectivity index (χ3n) is 6.94. The molecule has 1 atom stereocenters. The second kappa shape index (κ2) is 10.4. The molecule has 9 nitrogen and oxygen atoms in total. The molecule has 2 aromatic rings. The zero-order valence-corrected chi connectivity index (χ0v) is 25.3. The molecule has 1 aromatic carbocycles. The number of rotatable bonds is 1. The predicted molar refractivity (Wildman–Crippen MR) is 157 cm³/mol. The average molecular weight is 578 g/mol. The molecule has 1 aromatic heterocycles. The van der Waals surface area contributed by atoms with E-state index in [1.54, 1.807) is 60.9 Å². The lowest BCUT2D eigenvalue weighted by Crippen LogP contribution is -2.62. The highest BCUT2D eigenvalue weighted by Gasteiger charge is 2.64. The summed E-state index contributed by atoms with van der Waals surface area (Å²) in [6.45, 7) is 13.5. The molecule has 2 amide bonds. The van der Waals surface area contributed by atoms with E-state index in [-0.39, 0.29) is 5.17 Å². The highest BCUT2D eigenvalue weighted by Crippen LogP contribution is 2.58. The molecule has 0 aliphatic carbocycles. The number of hydrogen-bond acceptors (Lipinski definition) is 9. The Hall–Kier alpha value is -3.55. The number of aliphatic imine (C=N–C) groups is 1. The summed E-state index contributed by atoms with van der Waals surface area (Å²) in [6, 6.07) is 7.98. The van der Waals surface area contributed by atoms with E-state index in [1.165, 1.54) is 11.8 Å². The first-order chi connectivity index (χ1) is 19.3. The maximum atomic E-state index is 13.4. The number of ether oxygens (including phenoxy) is 4. The minimum atomic E-state index is -0.838. The zero-order chi connectivity index (χ0) is 29.6. The van der Waals surface area contributed by atoms with Crippen LogP contribution in [0.3, 0.4) is 0 Å². The van der Waals surface area contributed by atoms with Gasteiger partial charge in [-0.1, -0.05) is 23.7 Å². The number of fused-ring (bicyclic) bond motifs is 3. The summed E-state index contributed by atoms with van der Waals surface area (Å²) in [5.74, 6) is 7.16. The minimum absolute atomic E-state index is 0.222. The molecule has 1 saturated heterocycles. The second-order valence-corrected chi connectivity index (χ2v) is 13.4.